The van der Waals surface area contributed by atoms with E-state index in [1.54, 1.807) is 7.11 Å². The SMILES string of the molecule is CN=C(NCC1CCCN(C)C1c1cccs1)NC1CCc2nc(COC)nn2C1.I. The first-order chi connectivity index (χ1) is 14.7. The molecule has 31 heavy (non-hydrogen) atoms. The lowest BCUT2D eigenvalue weighted by Gasteiger charge is -2.39. The van der Waals surface area contributed by atoms with E-state index in [2.05, 4.69) is 55.2 Å². The molecule has 3 unspecified atom stereocenters. The van der Waals surface area contributed by atoms with Gasteiger partial charge in [-0.15, -0.1) is 35.3 Å². The lowest BCUT2D eigenvalue weighted by molar-refractivity contribution is 0.125. The van der Waals surface area contributed by atoms with Gasteiger partial charge < -0.3 is 15.4 Å². The maximum Gasteiger partial charge on any atom is 0.191 e. The number of guanidine groups is 1. The molecule has 10 heteroatoms. The Balaban J connectivity index is 0.00000272. The van der Waals surface area contributed by atoms with E-state index in [1.165, 1.54) is 24.3 Å². The number of thiophene rings is 1. The zero-order chi connectivity index (χ0) is 20.9. The van der Waals surface area contributed by atoms with Crippen LogP contribution in [0.25, 0.3) is 0 Å². The van der Waals surface area contributed by atoms with E-state index in [4.69, 9.17) is 4.74 Å². The van der Waals surface area contributed by atoms with Crippen molar-refractivity contribution in [2.75, 3.05) is 34.3 Å². The fourth-order valence-corrected chi connectivity index (χ4v) is 5.65. The maximum atomic E-state index is 5.16. The summed E-state index contributed by atoms with van der Waals surface area (Å²) in [5, 5.41) is 13.9. The number of rotatable bonds is 6. The molecule has 2 aliphatic heterocycles. The predicted octanol–water partition coefficient (Wildman–Crippen LogP) is 2.67. The number of hydrogen-bond acceptors (Lipinski definition) is 6. The Bertz CT molecular complexity index is 841. The molecule has 0 aromatic carbocycles. The summed E-state index contributed by atoms with van der Waals surface area (Å²) < 4.78 is 7.17. The van der Waals surface area contributed by atoms with Crippen LogP contribution < -0.4 is 10.6 Å². The van der Waals surface area contributed by atoms with Crippen LogP contribution in [0.3, 0.4) is 0 Å². The third-order valence-electron chi connectivity index (χ3n) is 6.11. The third-order valence-corrected chi connectivity index (χ3v) is 7.06. The summed E-state index contributed by atoms with van der Waals surface area (Å²) in [6, 6.07) is 5.21. The fourth-order valence-electron chi connectivity index (χ4n) is 4.67. The highest BCUT2D eigenvalue weighted by atomic mass is 127. The van der Waals surface area contributed by atoms with E-state index in [0.29, 0.717) is 24.6 Å². The van der Waals surface area contributed by atoms with Crippen LogP contribution in [-0.4, -0.2) is 66.0 Å². The predicted molar refractivity (Wildman–Crippen MR) is 135 cm³/mol. The highest BCUT2D eigenvalue weighted by molar-refractivity contribution is 14.0. The fraction of sp³-hybridized carbons (Fsp3) is 0.667. The number of nitrogens with one attached hydrogen (secondary N) is 2. The van der Waals surface area contributed by atoms with Crippen LogP contribution in [0.5, 0.6) is 0 Å². The summed E-state index contributed by atoms with van der Waals surface area (Å²) in [6.45, 7) is 3.35. The molecule has 172 valence electrons. The molecule has 2 aliphatic rings. The molecule has 3 atom stereocenters. The third kappa shape index (κ3) is 5.96. The van der Waals surface area contributed by atoms with Crippen LogP contribution in [0.2, 0.25) is 0 Å². The zero-order valence-corrected chi connectivity index (χ0v) is 21.7. The number of hydrogen-bond donors (Lipinski definition) is 2. The smallest absolute Gasteiger partial charge is 0.191 e. The summed E-state index contributed by atoms with van der Waals surface area (Å²) >= 11 is 1.86. The first kappa shape index (κ1) is 24.4. The Morgan fingerprint density at radius 1 is 1.39 bits per heavy atom. The molecule has 4 heterocycles. The number of piperidine rings is 1. The van der Waals surface area contributed by atoms with Crippen molar-refractivity contribution in [3.05, 3.63) is 34.0 Å². The number of nitrogens with zero attached hydrogens (tertiary/aromatic N) is 5. The molecule has 0 aliphatic carbocycles. The van der Waals surface area contributed by atoms with Crippen LogP contribution in [-0.2, 0) is 24.3 Å². The molecule has 2 aromatic rings. The van der Waals surface area contributed by atoms with Crippen molar-refractivity contribution < 1.29 is 4.74 Å². The molecular formula is C21H34IN7OS. The van der Waals surface area contributed by atoms with Gasteiger partial charge in [-0.3, -0.25) is 9.89 Å². The van der Waals surface area contributed by atoms with Gasteiger partial charge in [-0.1, -0.05) is 6.07 Å². The van der Waals surface area contributed by atoms with Gasteiger partial charge in [0.2, 0.25) is 0 Å². The van der Waals surface area contributed by atoms with Gasteiger partial charge in [-0.2, -0.15) is 5.10 Å². The van der Waals surface area contributed by atoms with Gasteiger partial charge in [-0.25, -0.2) is 9.67 Å². The van der Waals surface area contributed by atoms with Crippen molar-refractivity contribution in [2.24, 2.45) is 10.9 Å². The van der Waals surface area contributed by atoms with Gasteiger partial charge >= 0.3 is 0 Å². The summed E-state index contributed by atoms with van der Waals surface area (Å²) in [7, 11) is 5.77. The number of halogens is 1. The van der Waals surface area contributed by atoms with Crippen molar-refractivity contribution in [1.82, 2.24) is 30.3 Å². The molecule has 1 saturated heterocycles. The van der Waals surface area contributed by atoms with Gasteiger partial charge in [0, 0.05) is 44.1 Å². The minimum atomic E-state index is 0. The number of aromatic nitrogens is 3. The van der Waals surface area contributed by atoms with Crippen molar-refractivity contribution in [3.8, 4) is 0 Å². The number of fused-ring (bicyclic) bond motifs is 1. The highest BCUT2D eigenvalue weighted by Gasteiger charge is 2.31. The van der Waals surface area contributed by atoms with Gasteiger partial charge in [0.05, 0.1) is 6.54 Å². The first-order valence-corrected chi connectivity index (χ1v) is 11.7. The Hall–Kier alpha value is -1.24. The number of likely N-dealkylation sites (tertiary alicyclic amines) is 1. The van der Waals surface area contributed by atoms with E-state index in [9.17, 15) is 0 Å². The minimum absolute atomic E-state index is 0. The van der Waals surface area contributed by atoms with Crippen molar-refractivity contribution in [1.29, 1.82) is 0 Å². The average molecular weight is 560 g/mol. The Kier molecular flexibility index (Phi) is 9.11. The molecule has 8 nitrogen and oxygen atoms in total. The number of aryl methyl sites for hydroxylation is 1. The Morgan fingerprint density at radius 2 is 2.26 bits per heavy atom. The molecular weight excluding hydrogens is 525 g/mol. The molecule has 2 N–H and O–H groups in total. The number of ether oxygens (including phenoxy) is 1. The van der Waals surface area contributed by atoms with Gasteiger partial charge in [0.1, 0.15) is 12.4 Å². The van der Waals surface area contributed by atoms with Crippen molar-refractivity contribution in [2.45, 2.75) is 50.9 Å². The molecule has 0 amide bonds. The second kappa shape index (κ2) is 11.6. The van der Waals surface area contributed by atoms with E-state index < -0.39 is 0 Å². The molecule has 2 aromatic heterocycles. The molecule has 0 spiro atoms. The van der Waals surface area contributed by atoms with E-state index in [0.717, 1.165) is 43.5 Å². The van der Waals surface area contributed by atoms with E-state index >= 15 is 0 Å². The maximum absolute atomic E-state index is 5.16. The average Bonchev–Trinajstić information content (AvgIpc) is 3.40. The summed E-state index contributed by atoms with van der Waals surface area (Å²) in [5.41, 5.74) is 0. The number of aliphatic imine (C=N–C) groups is 1. The molecule has 0 radical (unpaired) electrons. The van der Waals surface area contributed by atoms with Crippen molar-refractivity contribution >= 4 is 41.3 Å². The lowest BCUT2D eigenvalue weighted by Crippen LogP contribution is -2.49. The normalized spacial score (nSPS) is 24.4. The van der Waals surface area contributed by atoms with Gasteiger partial charge in [0.15, 0.2) is 11.8 Å². The van der Waals surface area contributed by atoms with Crippen molar-refractivity contribution in [3.63, 3.8) is 0 Å². The van der Waals surface area contributed by atoms with Crippen LogP contribution in [0.1, 0.15) is 41.8 Å². The topological polar surface area (TPSA) is 79.6 Å². The van der Waals surface area contributed by atoms with Gasteiger partial charge in [0.25, 0.3) is 0 Å². The molecule has 1 fully saturated rings. The standard InChI is InChI=1S/C21H33N7OS.HI/c1-22-21(24-16-8-9-19-25-18(14-29-3)26-28(19)13-16)23-12-15-6-4-10-27(2)20(15)17-7-5-11-30-17;/h5,7,11,15-16,20H,4,6,8-10,12-14H2,1-3H3,(H2,22,23,24);1H. The monoisotopic (exact) mass is 559 g/mol. The molecule has 0 bridgehead atoms. The first-order valence-electron chi connectivity index (χ1n) is 10.8. The number of methoxy groups -OCH3 is 1. The Morgan fingerprint density at radius 3 is 3.00 bits per heavy atom. The summed E-state index contributed by atoms with van der Waals surface area (Å²) in [4.78, 5) is 13.0. The lowest BCUT2D eigenvalue weighted by atomic mass is 9.88. The minimum Gasteiger partial charge on any atom is -0.377 e. The largest absolute Gasteiger partial charge is 0.377 e. The molecule has 4 rings (SSSR count). The van der Waals surface area contributed by atoms with Crippen LogP contribution in [0.15, 0.2) is 22.5 Å². The second-order valence-corrected chi connectivity index (χ2v) is 9.21. The van der Waals surface area contributed by atoms with E-state index in [1.807, 2.05) is 23.1 Å². The van der Waals surface area contributed by atoms with Crippen LogP contribution in [0.4, 0.5) is 0 Å². The summed E-state index contributed by atoms with van der Waals surface area (Å²) in [6.07, 6.45) is 4.43. The Labute approximate surface area is 205 Å². The molecule has 0 saturated carbocycles. The zero-order valence-electron chi connectivity index (χ0n) is 18.6. The van der Waals surface area contributed by atoms with Gasteiger partial charge in [-0.05, 0) is 50.2 Å². The van der Waals surface area contributed by atoms with Crippen LogP contribution in [0, 0.1) is 5.92 Å². The van der Waals surface area contributed by atoms with E-state index in [-0.39, 0.29) is 24.0 Å². The second-order valence-electron chi connectivity index (χ2n) is 8.24. The quantitative estimate of drug-likeness (QED) is 0.322. The highest BCUT2D eigenvalue weighted by Crippen LogP contribution is 2.36. The van der Waals surface area contributed by atoms with Crippen LogP contribution >= 0.6 is 35.3 Å². The summed E-state index contributed by atoms with van der Waals surface area (Å²) in [5.74, 6) is 3.26.